The first-order valence-corrected chi connectivity index (χ1v) is 19.3. The van der Waals surface area contributed by atoms with Gasteiger partial charge >= 0.3 is 6.18 Å². The van der Waals surface area contributed by atoms with Crippen LogP contribution in [0, 0.1) is 29.6 Å². The van der Waals surface area contributed by atoms with Crippen LogP contribution in [0.3, 0.4) is 0 Å². The van der Waals surface area contributed by atoms with Gasteiger partial charge in [0, 0.05) is 23.2 Å². The van der Waals surface area contributed by atoms with E-state index in [0.717, 1.165) is 42.7 Å². The number of nitrogens with one attached hydrogen (secondary N) is 1. The van der Waals surface area contributed by atoms with E-state index in [1.807, 2.05) is 6.08 Å². The molecule has 0 bridgehead atoms. The Morgan fingerprint density at radius 1 is 0.964 bits per heavy atom. The fraction of sp³-hybridized carbons (Fsp3) is 0.390. The largest absolute Gasteiger partial charge is 0.504 e. The number of aromatic hydroxyl groups is 1. The zero-order chi connectivity index (χ0) is 39.7. The number of halogens is 5. The van der Waals surface area contributed by atoms with Crippen LogP contribution in [-0.2, 0) is 30.8 Å². The number of phenolic OH excluding ortho intramolecular Hbond substituents is 1. The summed E-state index contributed by atoms with van der Waals surface area (Å²) in [6.07, 6.45) is 5.93. The Morgan fingerprint density at radius 3 is 2.38 bits per heavy atom. The number of hydrazine groups is 1. The maximum absolute atomic E-state index is 15.3. The third-order valence-electron chi connectivity index (χ3n) is 12.3. The molecule has 5 aliphatic rings. The molecule has 2 aliphatic heterocycles. The summed E-state index contributed by atoms with van der Waals surface area (Å²) in [4.78, 5) is 63.9. The Labute approximate surface area is 330 Å². The molecule has 2 saturated heterocycles. The van der Waals surface area contributed by atoms with Gasteiger partial charge in [-0.05, 0) is 73.1 Å². The van der Waals surface area contributed by atoms with Crippen LogP contribution < -0.4 is 10.2 Å². The highest BCUT2D eigenvalue weighted by Gasteiger charge is 2.70. The summed E-state index contributed by atoms with van der Waals surface area (Å²) in [5.74, 6) is -6.07. The van der Waals surface area contributed by atoms with Gasteiger partial charge < -0.3 is 9.84 Å². The number of fused-ring (bicyclic) bond motifs is 4. The summed E-state index contributed by atoms with van der Waals surface area (Å²) in [7, 11) is 1.41. The molecule has 56 heavy (non-hydrogen) atoms. The summed E-state index contributed by atoms with van der Waals surface area (Å²) in [6, 6.07) is 11.7. The average Bonchev–Trinajstić information content (AvgIpc) is 3.56. The SMILES string of the molecule is COc1cc(C=C[C@H]2C3=CC[C@@H]4C(=O)N(C5CCCCC5)C(=O)[C@@H]4[C@@H]3C[C@H]3C(=O)N(Nc4ncc(C(F)(F)F)cc4Cl)C(=O)[C@@]23c2ccc(Cl)cc2)ccc1O. The molecule has 0 spiro atoms. The van der Waals surface area contributed by atoms with Gasteiger partial charge in [0.2, 0.25) is 11.8 Å². The van der Waals surface area contributed by atoms with Gasteiger partial charge in [-0.3, -0.25) is 29.5 Å². The van der Waals surface area contributed by atoms with Gasteiger partial charge in [-0.2, -0.15) is 18.2 Å². The van der Waals surface area contributed by atoms with E-state index in [2.05, 4.69) is 10.4 Å². The van der Waals surface area contributed by atoms with Gasteiger partial charge in [0.15, 0.2) is 17.3 Å². The Kier molecular flexibility index (Phi) is 9.67. The van der Waals surface area contributed by atoms with Crippen molar-refractivity contribution in [1.29, 1.82) is 0 Å². The van der Waals surface area contributed by atoms with Crippen LogP contribution in [0.25, 0.3) is 6.08 Å². The number of hydrogen-bond donors (Lipinski definition) is 2. The Morgan fingerprint density at radius 2 is 1.70 bits per heavy atom. The zero-order valence-electron chi connectivity index (χ0n) is 30.1. The van der Waals surface area contributed by atoms with E-state index >= 15 is 4.79 Å². The number of carbonyl (C=O) groups is 4. The van der Waals surface area contributed by atoms with Crippen LogP contribution in [-0.4, -0.2) is 56.8 Å². The second-order valence-corrected chi connectivity index (χ2v) is 15.9. The first-order valence-electron chi connectivity index (χ1n) is 18.5. The monoisotopic (exact) mass is 808 g/mol. The van der Waals surface area contributed by atoms with Crippen molar-refractivity contribution in [3.05, 3.63) is 99.2 Å². The highest BCUT2D eigenvalue weighted by atomic mass is 35.5. The number of alkyl halides is 3. The highest BCUT2D eigenvalue weighted by Crippen LogP contribution is 2.62. The molecule has 4 amide bonds. The predicted molar refractivity (Wildman–Crippen MR) is 200 cm³/mol. The quantitative estimate of drug-likeness (QED) is 0.182. The van der Waals surface area contributed by atoms with Gasteiger partial charge in [-0.1, -0.05) is 84.5 Å². The number of allylic oxidation sites excluding steroid dienone is 3. The molecule has 6 atom stereocenters. The molecule has 15 heteroatoms. The lowest BCUT2D eigenvalue weighted by Gasteiger charge is -2.49. The van der Waals surface area contributed by atoms with Gasteiger partial charge in [-0.25, -0.2) is 4.98 Å². The maximum Gasteiger partial charge on any atom is 0.417 e. The molecule has 10 nitrogen and oxygen atoms in total. The number of nitrogens with zero attached hydrogens (tertiary/aromatic N) is 3. The number of methoxy groups -OCH3 is 1. The minimum absolute atomic E-state index is 0.0292. The van der Waals surface area contributed by atoms with Crippen LogP contribution in [0.1, 0.15) is 61.6 Å². The van der Waals surface area contributed by atoms with Crippen molar-refractivity contribution in [3.8, 4) is 11.5 Å². The van der Waals surface area contributed by atoms with E-state index in [-0.39, 0.29) is 48.0 Å². The van der Waals surface area contributed by atoms with Crippen LogP contribution in [0.5, 0.6) is 11.5 Å². The molecular formula is C41H37Cl2F3N4O6. The number of carbonyl (C=O) groups excluding carboxylic acids is 4. The summed E-state index contributed by atoms with van der Waals surface area (Å²) in [6.45, 7) is 0. The van der Waals surface area contributed by atoms with Crippen LogP contribution in [0.2, 0.25) is 10.0 Å². The number of aromatic nitrogens is 1. The van der Waals surface area contributed by atoms with Crippen molar-refractivity contribution < 1.29 is 42.2 Å². The number of benzene rings is 2. The Hall–Kier alpha value is -4.88. The Balaban J connectivity index is 1.28. The maximum atomic E-state index is 15.3. The molecule has 8 rings (SSSR count). The number of anilines is 1. The molecule has 2 aromatic carbocycles. The van der Waals surface area contributed by atoms with Crippen LogP contribution >= 0.6 is 23.2 Å². The summed E-state index contributed by atoms with van der Waals surface area (Å²) < 4.78 is 45.8. The van der Waals surface area contributed by atoms with Crippen molar-refractivity contribution in [2.75, 3.05) is 12.5 Å². The van der Waals surface area contributed by atoms with Crippen molar-refractivity contribution in [2.24, 2.45) is 29.6 Å². The number of phenols is 1. The summed E-state index contributed by atoms with van der Waals surface area (Å²) in [5.41, 5.74) is 1.63. The van der Waals surface area contributed by atoms with Crippen LogP contribution in [0.4, 0.5) is 19.0 Å². The summed E-state index contributed by atoms with van der Waals surface area (Å²) in [5, 5.41) is 11.0. The van der Waals surface area contributed by atoms with E-state index in [9.17, 15) is 32.7 Å². The molecular weight excluding hydrogens is 772 g/mol. The lowest BCUT2D eigenvalue weighted by molar-refractivity contribution is -0.144. The Bertz CT molecular complexity index is 2190. The standard InChI is InChI=1S/C41H37Cl2F3N4O6/c1-56-33-17-21(8-16-32(33)51)7-15-29-26-13-14-27-34(38(54)49(36(27)52)25-5-3-2-4-6-25)28(26)19-30-37(53)50(39(55)40(29,30)22-9-11-24(42)12-10-22)48-35-31(43)18-23(20-47-35)41(44,45)46/h7-13,15-18,20,25,27-30,34,51H,2-6,14,19H2,1H3,(H,47,48)/t27-,28+,29-,30-,34-,40-/m0/s1. The second kappa shape index (κ2) is 14.3. The van der Waals surface area contributed by atoms with Gasteiger partial charge in [0.05, 0.1) is 40.9 Å². The zero-order valence-corrected chi connectivity index (χ0v) is 31.6. The van der Waals surface area contributed by atoms with Crippen molar-refractivity contribution >= 4 is 58.7 Å². The smallest absolute Gasteiger partial charge is 0.417 e. The fourth-order valence-corrected chi connectivity index (χ4v) is 10.1. The minimum atomic E-state index is -4.74. The van der Waals surface area contributed by atoms with Crippen molar-refractivity contribution in [3.63, 3.8) is 0 Å². The van der Waals surface area contributed by atoms with Gasteiger partial charge in [0.1, 0.15) is 0 Å². The molecule has 3 aromatic rings. The van der Waals surface area contributed by atoms with E-state index in [1.165, 1.54) is 18.1 Å². The highest BCUT2D eigenvalue weighted by molar-refractivity contribution is 6.33. The average molecular weight is 810 g/mol. The number of pyridine rings is 1. The number of rotatable bonds is 7. The molecule has 4 fully saturated rings. The molecule has 2 saturated carbocycles. The lowest BCUT2D eigenvalue weighted by Crippen LogP contribution is -2.54. The molecule has 0 radical (unpaired) electrons. The second-order valence-electron chi connectivity index (χ2n) is 15.1. The van der Waals surface area contributed by atoms with E-state index in [0.29, 0.717) is 28.4 Å². The summed E-state index contributed by atoms with van der Waals surface area (Å²) >= 11 is 12.6. The van der Waals surface area contributed by atoms with Crippen LogP contribution in [0.15, 0.2) is 72.5 Å². The molecule has 292 valence electrons. The molecule has 0 unspecified atom stereocenters. The molecule has 3 aliphatic carbocycles. The normalized spacial score (nSPS) is 28.0. The molecule has 2 N–H and O–H groups in total. The number of hydrogen-bond acceptors (Lipinski definition) is 8. The number of ether oxygens (including phenoxy) is 1. The van der Waals surface area contributed by atoms with E-state index in [1.54, 1.807) is 48.6 Å². The topological polar surface area (TPSA) is 129 Å². The number of amides is 4. The number of imide groups is 2. The predicted octanol–water partition coefficient (Wildman–Crippen LogP) is 7.98. The minimum Gasteiger partial charge on any atom is -0.504 e. The van der Waals surface area contributed by atoms with Crippen molar-refractivity contribution in [2.45, 2.75) is 62.6 Å². The fourth-order valence-electron chi connectivity index (χ4n) is 9.76. The molecule has 1 aromatic heterocycles. The van der Waals surface area contributed by atoms with Crippen molar-refractivity contribution in [1.82, 2.24) is 14.9 Å². The van der Waals surface area contributed by atoms with Gasteiger partial charge in [-0.15, -0.1) is 0 Å². The third-order valence-corrected chi connectivity index (χ3v) is 12.8. The lowest BCUT2D eigenvalue weighted by atomic mass is 9.50. The first kappa shape index (κ1) is 38.0. The number of likely N-dealkylation sites (tertiary alicyclic amines) is 1. The van der Waals surface area contributed by atoms with Gasteiger partial charge in [0.25, 0.3) is 11.8 Å². The molecule has 3 heterocycles. The first-order chi connectivity index (χ1) is 26.7. The third kappa shape index (κ3) is 6.05. The van der Waals surface area contributed by atoms with E-state index < -0.39 is 63.6 Å². The van der Waals surface area contributed by atoms with E-state index in [4.69, 9.17) is 27.9 Å².